The maximum absolute atomic E-state index is 12.0. The van der Waals surface area contributed by atoms with E-state index in [1.165, 1.54) is 18.4 Å². The van der Waals surface area contributed by atoms with Gasteiger partial charge in [-0.05, 0) is 72.4 Å². The molecule has 0 N–H and O–H groups in total. The van der Waals surface area contributed by atoms with Crippen molar-refractivity contribution in [1.82, 2.24) is 4.98 Å². The third kappa shape index (κ3) is 6.32. The number of hydrogen-bond donors (Lipinski definition) is 0. The van der Waals surface area contributed by atoms with Gasteiger partial charge >= 0.3 is 0 Å². The molecule has 1 aromatic heterocycles. The minimum absolute atomic E-state index is 0.215. The summed E-state index contributed by atoms with van der Waals surface area (Å²) >= 11 is 0. The lowest BCUT2D eigenvalue weighted by Gasteiger charge is -2.15. The average molecular weight is 536 g/mol. The second kappa shape index (κ2) is 10.6. The molecule has 6 nitrogen and oxygen atoms in total. The van der Waals surface area contributed by atoms with Crippen molar-refractivity contribution >= 4 is 36.9 Å². The summed E-state index contributed by atoms with van der Waals surface area (Å²) in [6, 6.07) is 22.1. The number of sulfone groups is 2. The van der Waals surface area contributed by atoms with Crippen LogP contribution >= 0.6 is 0 Å². The largest absolute Gasteiger partial charge is 0.303 e. The standard InChI is InChI=1S/C29H29NO5S2/c1-20(36(2,32)33)14-22-17-25-8-5-13-30-29(25)28(18-22)24-7-4-6-21(15-24)16-26(19-31)23-9-11-27(12-10-23)37(3,34)35/h4-13,15,17-20,26H,14,16H2,1-3H3. The first-order chi connectivity index (χ1) is 17.5. The van der Waals surface area contributed by atoms with E-state index in [9.17, 15) is 21.6 Å². The molecule has 2 unspecified atom stereocenters. The zero-order valence-corrected chi connectivity index (χ0v) is 22.6. The van der Waals surface area contributed by atoms with Crippen molar-refractivity contribution in [3.8, 4) is 11.1 Å². The van der Waals surface area contributed by atoms with E-state index in [4.69, 9.17) is 0 Å². The summed E-state index contributed by atoms with van der Waals surface area (Å²) in [4.78, 5) is 16.8. The number of pyridine rings is 1. The number of rotatable bonds is 9. The van der Waals surface area contributed by atoms with Crippen molar-refractivity contribution in [2.75, 3.05) is 12.5 Å². The highest BCUT2D eigenvalue weighted by Gasteiger charge is 2.18. The van der Waals surface area contributed by atoms with Crippen LogP contribution in [0.2, 0.25) is 0 Å². The van der Waals surface area contributed by atoms with Gasteiger partial charge in [0.05, 0.1) is 15.7 Å². The zero-order valence-electron chi connectivity index (χ0n) is 21.0. The van der Waals surface area contributed by atoms with Gasteiger partial charge in [0.1, 0.15) is 16.1 Å². The van der Waals surface area contributed by atoms with E-state index in [-0.39, 0.29) is 4.90 Å². The van der Waals surface area contributed by atoms with Gasteiger partial charge in [-0.25, -0.2) is 16.8 Å². The van der Waals surface area contributed by atoms with Crippen LogP contribution in [0.25, 0.3) is 22.0 Å². The maximum Gasteiger partial charge on any atom is 0.175 e. The van der Waals surface area contributed by atoms with Gasteiger partial charge in [-0.2, -0.15) is 0 Å². The van der Waals surface area contributed by atoms with Crippen LogP contribution in [0.15, 0.2) is 83.9 Å². The fourth-order valence-electron chi connectivity index (χ4n) is 4.40. The zero-order chi connectivity index (χ0) is 26.8. The Morgan fingerprint density at radius 3 is 2.22 bits per heavy atom. The highest BCUT2D eigenvalue weighted by Crippen LogP contribution is 2.31. The van der Waals surface area contributed by atoms with Crippen LogP contribution in [0.1, 0.15) is 29.5 Å². The molecule has 0 saturated heterocycles. The van der Waals surface area contributed by atoms with Gasteiger partial charge in [-0.1, -0.05) is 42.5 Å². The van der Waals surface area contributed by atoms with Crippen LogP contribution in [0.4, 0.5) is 0 Å². The SMILES string of the molecule is CC(Cc1cc(-c2cccc(CC(C=O)c3ccc(S(C)(=O)=O)cc3)c2)c2ncccc2c1)S(C)(=O)=O. The van der Waals surface area contributed by atoms with E-state index in [0.717, 1.165) is 51.3 Å². The number of hydrogen-bond acceptors (Lipinski definition) is 6. The van der Waals surface area contributed by atoms with Crippen molar-refractivity contribution in [3.63, 3.8) is 0 Å². The summed E-state index contributed by atoms with van der Waals surface area (Å²) in [7, 11) is -6.49. The van der Waals surface area contributed by atoms with Crippen molar-refractivity contribution < 1.29 is 21.6 Å². The molecular weight excluding hydrogens is 506 g/mol. The molecule has 0 aliphatic rings. The summed E-state index contributed by atoms with van der Waals surface area (Å²) < 4.78 is 47.6. The lowest BCUT2D eigenvalue weighted by atomic mass is 9.91. The first-order valence-electron chi connectivity index (χ1n) is 11.9. The van der Waals surface area contributed by atoms with Crippen molar-refractivity contribution in [1.29, 1.82) is 0 Å². The van der Waals surface area contributed by atoms with E-state index in [2.05, 4.69) is 4.98 Å². The molecule has 37 heavy (non-hydrogen) atoms. The van der Waals surface area contributed by atoms with Crippen molar-refractivity contribution in [2.24, 2.45) is 0 Å². The van der Waals surface area contributed by atoms with Crippen molar-refractivity contribution in [2.45, 2.75) is 35.8 Å². The summed E-state index contributed by atoms with van der Waals surface area (Å²) in [6.45, 7) is 1.71. The summed E-state index contributed by atoms with van der Waals surface area (Å²) in [5.41, 5.74) is 5.25. The number of benzene rings is 3. The average Bonchev–Trinajstić information content (AvgIpc) is 2.86. The molecule has 8 heteroatoms. The van der Waals surface area contributed by atoms with Gasteiger partial charge in [-0.15, -0.1) is 0 Å². The van der Waals surface area contributed by atoms with E-state index < -0.39 is 30.8 Å². The van der Waals surface area contributed by atoms with E-state index in [0.29, 0.717) is 12.8 Å². The predicted molar refractivity (Wildman–Crippen MR) is 147 cm³/mol. The van der Waals surface area contributed by atoms with E-state index >= 15 is 0 Å². The van der Waals surface area contributed by atoms with Crippen LogP contribution < -0.4 is 0 Å². The molecule has 192 valence electrons. The second-order valence-electron chi connectivity index (χ2n) is 9.55. The third-order valence-corrected chi connectivity index (χ3v) is 9.37. The smallest absolute Gasteiger partial charge is 0.175 e. The first kappa shape index (κ1) is 26.7. The molecule has 0 aliphatic heterocycles. The number of carbonyl (C=O) groups is 1. The highest BCUT2D eigenvalue weighted by molar-refractivity contribution is 7.91. The van der Waals surface area contributed by atoms with Crippen LogP contribution in [0.3, 0.4) is 0 Å². The molecule has 0 bridgehead atoms. The molecule has 4 rings (SSSR count). The lowest BCUT2D eigenvalue weighted by Crippen LogP contribution is -2.18. The fourth-order valence-corrected chi connectivity index (χ4v) is 5.53. The molecule has 0 fully saturated rings. The molecular formula is C29H29NO5S2. The van der Waals surface area contributed by atoms with E-state index in [1.807, 2.05) is 48.5 Å². The summed E-state index contributed by atoms with van der Waals surface area (Å²) in [5.74, 6) is -0.430. The van der Waals surface area contributed by atoms with Crippen LogP contribution in [-0.2, 0) is 37.3 Å². The molecule has 0 radical (unpaired) electrons. The van der Waals surface area contributed by atoms with Crippen molar-refractivity contribution in [3.05, 3.63) is 95.7 Å². The van der Waals surface area contributed by atoms with Crippen LogP contribution in [0, 0.1) is 0 Å². The Balaban J connectivity index is 1.69. The Hall–Kier alpha value is -3.36. The number of nitrogens with zero attached hydrogens (tertiary/aromatic N) is 1. The third-order valence-electron chi connectivity index (χ3n) is 6.61. The van der Waals surface area contributed by atoms with Gasteiger partial charge in [-0.3, -0.25) is 4.98 Å². The Morgan fingerprint density at radius 2 is 1.57 bits per heavy atom. The molecule has 0 amide bonds. The normalized spacial score (nSPS) is 13.8. The highest BCUT2D eigenvalue weighted by atomic mass is 32.2. The monoisotopic (exact) mass is 535 g/mol. The Labute approximate surface area is 218 Å². The minimum atomic E-state index is -3.31. The number of carbonyl (C=O) groups excluding carboxylic acids is 1. The quantitative estimate of drug-likeness (QED) is 0.285. The molecule has 0 saturated carbocycles. The van der Waals surface area contributed by atoms with Gasteiger partial charge < -0.3 is 4.79 Å². The predicted octanol–water partition coefficient (Wildman–Crippen LogP) is 4.81. The van der Waals surface area contributed by atoms with Gasteiger partial charge in [0, 0.05) is 35.6 Å². The summed E-state index contributed by atoms with van der Waals surface area (Å²) in [5, 5.41) is 0.418. The lowest BCUT2D eigenvalue weighted by molar-refractivity contribution is -0.109. The first-order valence-corrected chi connectivity index (χ1v) is 15.7. The second-order valence-corrected chi connectivity index (χ2v) is 14.0. The number of fused-ring (bicyclic) bond motifs is 1. The molecule has 3 aromatic carbocycles. The summed E-state index contributed by atoms with van der Waals surface area (Å²) in [6.07, 6.45) is 5.87. The van der Waals surface area contributed by atoms with Gasteiger partial charge in [0.15, 0.2) is 9.84 Å². The maximum atomic E-state index is 12.0. The van der Waals surface area contributed by atoms with Crippen LogP contribution in [-0.4, -0.2) is 45.9 Å². The minimum Gasteiger partial charge on any atom is -0.303 e. The number of aromatic nitrogens is 1. The Morgan fingerprint density at radius 1 is 0.838 bits per heavy atom. The Bertz CT molecular complexity index is 1660. The van der Waals surface area contributed by atoms with Crippen LogP contribution in [0.5, 0.6) is 0 Å². The fraction of sp³-hybridized carbons (Fsp3) is 0.241. The molecule has 0 spiro atoms. The topological polar surface area (TPSA) is 98.2 Å². The van der Waals surface area contributed by atoms with Gasteiger partial charge in [0.25, 0.3) is 0 Å². The molecule has 4 aromatic rings. The molecule has 0 aliphatic carbocycles. The molecule has 2 atom stereocenters. The Kier molecular flexibility index (Phi) is 7.62. The molecule has 1 heterocycles. The number of aldehydes is 1. The van der Waals surface area contributed by atoms with Gasteiger partial charge in [0.2, 0.25) is 0 Å². The van der Waals surface area contributed by atoms with E-state index in [1.54, 1.807) is 25.3 Å².